The van der Waals surface area contributed by atoms with Crippen LogP contribution in [0.1, 0.15) is 25.1 Å². The third-order valence-electron chi connectivity index (χ3n) is 3.92. The highest BCUT2D eigenvalue weighted by atomic mass is 19.1. The summed E-state index contributed by atoms with van der Waals surface area (Å²) < 4.78 is 14.0. The Balaban J connectivity index is 1.86. The molecule has 0 spiro atoms. The maximum atomic E-state index is 14.0. The number of guanidine groups is 1. The minimum atomic E-state index is -0.343. The van der Waals surface area contributed by atoms with E-state index < -0.39 is 0 Å². The van der Waals surface area contributed by atoms with Crippen molar-refractivity contribution in [1.29, 1.82) is 0 Å². The summed E-state index contributed by atoms with van der Waals surface area (Å²) in [6.07, 6.45) is 2.61. The Kier molecular flexibility index (Phi) is 6.29. The number of nitrogens with zero attached hydrogens (tertiary/aromatic N) is 2. The second-order valence-electron chi connectivity index (χ2n) is 6.29. The van der Waals surface area contributed by atoms with Crippen LogP contribution in [0.25, 0.3) is 0 Å². The third-order valence-corrected chi connectivity index (χ3v) is 3.92. The molecule has 1 aromatic carbocycles. The van der Waals surface area contributed by atoms with Crippen molar-refractivity contribution < 1.29 is 4.39 Å². The fourth-order valence-electron chi connectivity index (χ4n) is 2.49. The molecule has 0 atom stereocenters. The summed E-state index contributed by atoms with van der Waals surface area (Å²) in [5.41, 5.74) is 1.39. The Morgan fingerprint density at radius 2 is 1.88 bits per heavy atom. The molecule has 0 bridgehead atoms. The molecule has 2 N–H and O–H groups in total. The van der Waals surface area contributed by atoms with Crippen LogP contribution in [0.5, 0.6) is 0 Å². The molecular formula is C19H25FN4. The highest BCUT2D eigenvalue weighted by molar-refractivity contribution is 5.79. The number of aliphatic imine (C=N–C) groups is 1. The Morgan fingerprint density at radius 3 is 2.54 bits per heavy atom. The zero-order valence-electron chi connectivity index (χ0n) is 14.5. The van der Waals surface area contributed by atoms with Crippen LogP contribution in [0, 0.1) is 5.82 Å². The average molecular weight is 328 g/mol. The number of hydrogen-bond acceptors (Lipinski definition) is 2. The summed E-state index contributed by atoms with van der Waals surface area (Å²) >= 11 is 0. The van der Waals surface area contributed by atoms with Gasteiger partial charge in [-0.05, 0) is 23.8 Å². The van der Waals surface area contributed by atoms with E-state index >= 15 is 0 Å². The fraction of sp³-hybridized carbons (Fsp3) is 0.368. The van der Waals surface area contributed by atoms with Crippen LogP contribution in [0.3, 0.4) is 0 Å². The molecule has 0 aliphatic carbocycles. The molecule has 128 valence electrons. The van der Waals surface area contributed by atoms with E-state index in [0.29, 0.717) is 18.1 Å². The predicted octanol–water partition coefficient (Wildman–Crippen LogP) is 2.91. The largest absolute Gasteiger partial charge is 0.356 e. The molecule has 0 unspecified atom stereocenters. The molecule has 4 nitrogen and oxygen atoms in total. The van der Waals surface area contributed by atoms with Gasteiger partial charge in [0.25, 0.3) is 0 Å². The topological polar surface area (TPSA) is 49.3 Å². The van der Waals surface area contributed by atoms with Crippen molar-refractivity contribution in [3.05, 3.63) is 65.7 Å². The molecule has 0 saturated heterocycles. The second kappa shape index (κ2) is 8.43. The lowest BCUT2D eigenvalue weighted by Gasteiger charge is -2.27. The number of aromatic nitrogens is 1. The van der Waals surface area contributed by atoms with Crippen molar-refractivity contribution in [2.75, 3.05) is 20.1 Å². The molecule has 24 heavy (non-hydrogen) atoms. The van der Waals surface area contributed by atoms with Crippen LogP contribution in [0.4, 0.5) is 4.39 Å². The van der Waals surface area contributed by atoms with Crippen LogP contribution >= 0.6 is 0 Å². The number of halogens is 1. The highest BCUT2D eigenvalue weighted by Gasteiger charge is 2.24. The first-order valence-corrected chi connectivity index (χ1v) is 8.12. The quantitative estimate of drug-likeness (QED) is 0.633. The Bertz CT molecular complexity index is 668. The highest BCUT2D eigenvalue weighted by Crippen LogP contribution is 2.24. The van der Waals surface area contributed by atoms with Crippen molar-refractivity contribution in [3.63, 3.8) is 0 Å². The Morgan fingerprint density at radius 1 is 1.12 bits per heavy atom. The first-order valence-electron chi connectivity index (χ1n) is 8.12. The van der Waals surface area contributed by atoms with Crippen molar-refractivity contribution in [3.8, 4) is 0 Å². The predicted molar refractivity (Wildman–Crippen MR) is 96.7 cm³/mol. The molecule has 0 radical (unpaired) electrons. The lowest BCUT2D eigenvalue weighted by Crippen LogP contribution is -2.44. The summed E-state index contributed by atoms with van der Waals surface area (Å²) in [4.78, 5) is 8.51. The normalized spacial score (nSPS) is 12.1. The SMILES string of the molecule is CN=C(NCCc1ccccn1)NCC(C)(C)c1ccccc1F. The van der Waals surface area contributed by atoms with E-state index in [1.54, 1.807) is 19.3 Å². The first-order chi connectivity index (χ1) is 11.5. The van der Waals surface area contributed by atoms with Gasteiger partial charge in [-0.25, -0.2) is 4.39 Å². The number of pyridine rings is 1. The maximum Gasteiger partial charge on any atom is 0.191 e. The van der Waals surface area contributed by atoms with Gasteiger partial charge in [0, 0.05) is 43.9 Å². The third kappa shape index (κ3) is 5.05. The van der Waals surface area contributed by atoms with Gasteiger partial charge in [0.05, 0.1) is 0 Å². The van der Waals surface area contributed by atoms with Gasteiger partial charge in [-0.1, -0.05) is 38.1 Å². The van der Waals surface area contributed by atoms with Crippen molar-refractivity contribution in [2.45, 2.75) is 25.7 Å². The fourth-order valence-corrected chi connectivity index (χ4v) is 2.49. The Labute approximate surface area is 143 Å². The van der Waals surface area contributed by atoms with E-state index in [-0.39, 0.29) is 11.2 Å². The van der Waals surface area contributed by atoms with E-state index in [4.69, 9.17) is 0 Å². The molecule has 0 saturated carbocycles. The molecule has 1 aromatic heterocycles. The van der Waals surface area contributed by atoms with E-state index in [0.717, 1.165) is 18.7 Å². The molecule has 2 rings (SSSR count). The van der Waals surface area contributed by atoms with Gasteiger partial charge in [-0.2, -0.15) is 0 Å². The number of rotatable bonds is 6. The van der Waals surface area contributed by atoms with Gasteiger partial charge in [0.15, 0.2) is 5.96 Å². The number of hydrogen-bond donors (Lipinski definition) is 2. The lowest BCUT2D eigenvalue weighted by molar-refractivity contribution is 0.473. The number of benzene rings is 1. The molecular weight excluding hydrogens is 303 g/mol. The Hall–Kier alpha value is -2.43. The van der Waals surface area contributed by atoms with Crippen LogP contribution in [0.15, 0.2) is 53.7 Å². The molecule has 5 heteroatoms. The lowest BCUT2D eigenvalue weighted by atomic mass is 9.84. The summed E-state index contributed by atoms with van der Waals surface area (Å²) in [5.74, 6) is 0.526. The molecule has 0 aliphatic rings. The van der Waals surface area contributed by atoms with E-state index in [2.05, 4.69) is 20.6 Å². The summed E-state index contributed by atoms with van der Waals surface area (Å²) in [6, 6.07) is 12.8. The monoisotopic (exact) mass is 328 g/mol. The van der Waals surface area contributed by atoms with Crippen LogP contribution < -0.4 is 10.6 Å². The van der Waals surface area contributed by atoms with Crippen LogP contribution in [-0.2, 0) is 11.8 Å². The standard InChI is InChI=1S/C19H25FN4/c1-19(2,16-9-4-5-10-17(16)20)14-24-18(21-3)23-13-11-15-8-6-7-12-22-15/h4-10,12H,11,13-14H2,1-3H3,(H2,21,23,24). The molecule has 0 fully saturated rings. The minimum absolute atomic E-state index is 0.178. The van der Waals surface area contributed by atoms with Crippen LogP contribution in [0.2, 0.25) is 0 Å². The van der Waals surface area contributed by atoms with Crippen LogP contribution in [-0.4, -0.2) is 31.1 Å². The van der Waals surface area contributed by atoms with Gasteiger partial charge >= 0.3 is 0 Å². The van der Waals surface area contributed by atoms with Gasteiger partial charge < -0.3 is 10.6 Å². The zero-order chi connectivity index (χ0) is 17.4. The summed E-state index contributed by atoms with van der Waals surface area (Å²) in [6.45, 7) is 5.34. The number of nitrogens with one attached hydrogen (secondary N) is 2. The maximum absolute atomic E-state index is 14.0. The van der Waals surface area contributed by atoms with Crippen molar-refractivity contribution in [2.24, 2.45) is 4.99 Å². The van der Waals surface area contributed by atoms with E-state index in [1.807, 2.05) is 44.2 Å². The van der Waals surface area contributed by atoms with Gasteiger partial charge in [-0.15, -0.1) is 0 Å². The van der Waals surface area contributed by atoms with Crippen molar-refractivity contribution in [1.82, 2.24) is 15.6 Å². The summed E-state index contributed by atoms with van der Waals surface area (Å²) in [7, 11) is 1.73. The van der Waals surface area contributed by atoms with Gasteiger partial charge in [0.1, 0.15) is 5.82 Å². The molecule has 1 heterocycles. The van der Waals surface area contributed by atoms with Crippen molar-refractivity contribution >= 4 is 5.96 Å². The average Bonchev–Trinajstić information content (AvgIpc) is 2.59. The van der Waals surface area contributed by atoms with E-state index in [1.165, 1.54) is 6.07 Å². The molecule has 0 amide bonds. The smallest absolute Gasteiger partial charge is 0.191 e. The summed E-state index contributed by atoms with van der Waals surface area (Å²) in [5, 5.41) is 6.54. The first kappa shape index (κ1) is 17.9. The van der Waals surface area contributed by atoms with Gasteiger partial charge in [0.2, 0.25) is 0 Å². The second-order valence-corrected chi connectivity index (χ2v) is 6.29. The minimum Gasteiger partial charge on any atom is -0.356 e. The van der Waals surface area contributed by atoms with E-state index in [9.17, 15) is 4.39 Å². The molecule has 2 aromatic rings. The van der Waals surface area contributed by atoms with Gasteiger partial charge in [-0.3, -0.25) is 9.98 Å². The molecule has 0 aliphatic heterocycles. The zero-order valence-corrected chi connectivity index (χ0v) is 14.5.